The summed E-state index contributed by atoms with van der Waals surface area (Å²) in [5.41, 5.74) is 5.35. The van der Waals surface area contributed by atoms with Crippen molar-refractivity contribution >= 4 is 5.97 Å². The van der Waals surface area contributed by atoms with Crippen LogP contribution in [0.1, 0.15) is 26.2 Å². The molecule has 0 spiro atoms. The predicted octanol–water partition coefficient (Wildman–Crippen LogP) is 0.924. The van der Waals surface area contributed by atoms with Crippen LogP contribution in [-0.2, 0) is 9.53 Å². The van der Waals surface area contributed by atoms with E-state index in [9.17, 15) is 4.79 Å². The van der Waals surface area contributed by atoms with Crippen molar-refractivity contribution in [3.8, 4) is 0 Å². The van der Waals surface area contributed by atoms with Crippen molar-refractivity contribution in [2.45, 2.75) is 26.2 Å². The largest absolute Gasteiger partial charge is 0.469 e. The lowest BCUT2D eigenvalue weighted by Crippen LogP contribution is -2.08. The van der Waals surface area contributed by atoms with Gasteiger partial charge in [0, 0.05) is 6.42 Å². The molecule has 0 aliphatic heterocycles. The summed E-state index contributed by atoms with van der Waals surface area (Å²) in [6.45, 7) is 2.79. The Kier molecular flexibility index (Phi) is 5.84. The minimum Gasteiger partial charge on any atom is -0.469 e. The van der Waals surface area contributed by atoms with Gasteiger partial charge in [-0.1, -0.05) is 6.92 Å². The van der Waals surface area contributed by atoms with Crippen LogP contribution in [0.15, 0.2) is 0 Å². The number of esters is 1. The molecule has 0 aromatic rings. The smallest absolute Gasteiger partial charge is 0.305 e. The topological polar surface area (TPSA) is 52.3 Å². The van der Waals surface area contributed by atoms with Crippen molar-refractivity contribution in [2.75, 3.05) is 13.7 Å². The summed E-state index contributed by atoms with van der Waals surface area (Å²) in [5, 5.41) is 0. The van der Waals surface area contributed by atoms with Crippen LogP contribution in [-0.4, -0.2) is 19.6 Å². The maximum absolute atomic E-state index is 10.7. The summed E-state index contributed by atoms with van der Waals surface area (Å²) in [6.07, 6.45) is 2.37. The van der Waals surface area contributed by atoms with Gasteiger partial charge in [0.15, 0.2) is 0 Å². The molecule has 0 rings (SSSR count). The van der Waals surface area contributed by atoms with Crippen LogP contribution >= 0.6 is 0 Å². The summed E-state index contributed by atoms with van der Waals surface area (Å²) in [5.74, 6) is 0.396. The standard InChI is InChI=1S/C8H17NO2/c1-7(5-6-9)3-4-8(10)11-2/h7H,3-6,9H2,1-2H3/t7-/m1/s1. The van der Waals surface area contributed by atoms with Gasteiger partial charge >= 0.3 is 5.97 Å². The van der Waals surface area contributed by atoms with Crippen molar-refractivity contribution in [1.82, 2.24) is 0 Å². The lowest BCUT2D eigenvalue weighted by Gasteiger charge is -2.07. The highest BCUT2D eigenvalue weighted by Gasteiger charge is 2.04. The van der Waals surface area contributed by atoms with Crippen molar-refractivity contribution < 1.29 is 9.53 Å². The molecule has 0 fully saturated rings. The minimum absolute atomic E-state index is 0.131. The molecule has 0 unspecified atom stereocenters. The molecule has 0 saturated carbocycles. The van der Waals surface area contributed by atoms with Gasteiger partial charge in [0.05, 0.1) is 7.11 Å². The second kappa shape index (κ2) is 6.16. The van der Waals surface area contributed by atoms with Crippen molar-refractivity contribution in [3.63, 3.8) is 0 Å². The van der Waals surface area contributed by atoms with Gasteiger partial charge < -0.3 is 10.5 Å². The molecular weight excluding hydrogens is 142 g/mol. The fourth-order valence-electron chi connectivity index (χ4n) is 0.895. The third kappa shape index (κ3) is 5.85. The number of ether oxygens (including phenoxy) is 1. The molecule has 3 nitrogen and oxygen atoms in total. The van der Waals surface area contributed by atoms with Crippen molar-refractivity contribution in [2.24, 2.45) is 11.7 Å². The third-order valence-electron chi connectivity index (χ3n) is 1.73. The van der Waals surface area contributed by atoms with Crippen LogP contribution in [0.3, 0.4) is 0 Å². The summed E-state index contributed by atoms with van der Waals surface area (Å²) >= 11 is 0. The number of nitrogens with two attached hydrogens (primary N) is 1. The summed E-state index contributed by atoms with van der Waals surface area (Å²) < 4.78 is 4.51. The molecule has 0 saturated heterocycles. The minimum atomic E-state index is -0.131. The van der Waals surface area contributed by atoms with Crippen LogP contribution in [0.5, 0.6) is 0 Å². The van der Waals surface area contributed by atoms with Crippen LogP contribution in [0.4, 0.5) is 0 Å². The Morgan fingerprint density at radius 3 is 2.64 bits per heavy atom. The van der Waals surface area contributed by atoms with Gasteiger partial charge in [-0.2, -0.15) is 0 Å². The van der Waals surface area contributed by atoms with Gasteiger partial charge in [-0.05, 0) is 25.3 Å². The molecule has 11 heavy (non-hydrogen) atoms. The van der Waals surface area contributed by atoms with Gasteiger partial charge in [-0.3, -0.25) is 4.79 Å². The third-order valence-corrected chi connectivity index (χ3v) is 1.73. The highest BCUT2D eigenvalue weighted by molar-refractivity contribution is 5.69. The highest BCUT2D eigenvalue weighted by atomic mass is 16.5. The average Bonchev–Trinajstić information content (AvgIpc) is 2.01. The van der Waals surface area contributed by atoms with E-state index in [2.05, 4.69) is 11.7 Å². The normalized spacial score (nSPS) is 12.6. The number of methoxy groups -OCH3 is 1. The number of hydrogen-bond donors (Lipinski definition) is 1. The van der Waals surface area contributed by atoms with Gasteiger partial charge in [0.1, 0.15) is 0 Å². The molecule has 3 heteroatoms. The second-order valence-electron chi connectivity index (χ2n) is 2.80. The molecule has 0 heterocycles. The fraction of sp³-hybridized carbons (Fsp3) is 0.875. The Morgan fingerprint density at radius 2 is 2.18 bits per heavy atom. The Hall–Kier alpha value is -0.570. The first-order valence-electron chi connectivity index (χ1n) is 3.97. The number of carbonyl (C=O) groups is 1. The van der Waals surface area contributed by atoms with E-state index in [1.165, 1.54) is 7.11 Å². The predicted molar refractivity (Wildman–Crippen MR) is 44.1 cm³/mol. The average molecular weight is 159 g/mol. The molecule has 0 radical (unpaired) electrons. The first kappa shape index (κ1) is 10.4. The van der Waals surface area contributed by atoms with E-state index in [1.54, 1.807) is 0 Å². The Morgan fingerprint density at radius 1 is 1.55 bits per heavy atom. The molecule has 0 bridgehead atoms. The zero-order valence-electron chi connectivity index (χ0n) is 7.30. The van der Waals surface area contributed by atoms with Crippen LogP contribution in [0.2, 0.25) is 0 Å². The number of rotatable bonds is 5. The van der Waals surface area contributed by atoms with Crippen molar-refractivity contribution in [1.29, 1.82) is 0 Å². The summed E-state index contributed by atoms with van der Waals surface area (Å²) in [6, 6.07) is 0. The van der Waals surface area contributed by atoms with Gasteiger partial charge in [-0.15, -0.1) is 0 Å². The molecule has 0 amide bonds. The second-order valence-corrected chi connectivity index (χ2v) is 2.80. The lowest BCUT2D eigenvalue weighted by atomic mass is 10.0. The first-order valence-corrected chi connectivity index (χ1v) is 3.97. The maximum Gasteiger partial charge on any atom is 0.305 e. The molecule has 66 valence electrons. The summed E-state index contributed by atoms with van der Waals surface area (Å²) in [7, 11) is 1.41. The van der Waals surface area contributed by atoms with E-state index in [0.717, 1.165) is 12.8 Å². The SMILES string of the molecule is COC(=O)CC[C@@H](C)CCN. The van der Waals surface area contributed by atoms with E-state index in [-0.39, 0.29) is 5.97 Å². The van der Waals surface area contributed by atoms with Gasteiger partial charge in [0.25, 0.3) is 0 Å². The van der Waals surface area contributed by atoms with Crippen molar-refractivity contribution in [3.05, 3.63) is 0 Å². The molecular formula is C8H17NO2. The van der Waals surface area contributed by atoms with E-state index in [4.69, 9.17) is 5.73 Å². The Labute approximate surface area is 67.9 Å². The Bertz CT molecular complexity index is 115. The number of carbonyl (C=O) groups excluding carboxylic acids is 1. The van der Waals surface area contributed by atoms with E-state index in [0.29, 0.717) is 18.9 Å². The highest BCUT2D eigenvalue weighted by Crippen LogP contribution is 2.08. The van der Waals surface area contributed by atoms with Gasteiger partial charge in [0.2, 0.25) is 0 Å². The molecule has 1 atom stereocenters. The zero-order valence-corrected chi connectivity index (χ0v) is 7.30. The number of hydrogen-bond acceptors (Lipinski definition) is 3. The molecule has 2 N–H and O–H groups in total. The quantitative estimate of drug-likeness (QED) is 0.607. The monoisotopic (exact) mass is 159 g/mol. The molecule has 0 aliphatic carbocycles. The van der Waals surface area contributed by atoms with E-state index < -0.39 is 0 Å². The molecule has 0 aromatic carbocycles. The van der Waals surface area contributed by atoms with Crippen LogP contribution in [0, 0.1) is 5.92 Å². The molecule has 0 aliphatic rings. The maximum atomic E-state index is 10.7. The fourth-order valence-corrected chi connectivity index (χ4v) is 0.895. The molecule has 0 aromatic heterocycles. The lowest BCUT2D eigenvalue weighted by molar-refractivity contribution is -0.140. The van der Waals surface area contributed by atoms with Gasteiger partial charge in [-0.25, -0.2) is 0 Å². The van der Waals surface area contributed by atoms with Crippen LogP contribution in [0.25, 0.3) is 0 Å². The van der Waals surface area contributed by atoms with Crippen LogP contribution < -0.4 is 5.73 Å². The summed E-state index contributed by atoms with van der Waals surface area (Å²) in [4.78, 5) is 10.7. The first-order chi connectivity index (χ1) is 5.20. The Balaban J connectivity index is 3.29. The van der Waals surface area contributed by atoms with E-state index in [1.807, 2.05) is 0 Å². The van der Waals surface area contributed by atoms with E-state index >= 15 is 0 Å². The zero-order chi connectivity index (χ0) is 8.69.